The second-order valence-electron chi connectivity index (χ2n) is 2.13. The third-order valence-electron chi connectivity index (χ3n) is 1.36. The Morgan fingerprint density at radius 3 is 2.38 bits per heavy atom. The normalized spacial score (nSPS) is 10.8. The Bertz CT molecular complexity index is 344. The Hall–Kier alpha value is -2.02. The molecule has 0 fully saturated rings. The van der Waals surface area contributed by atoms with Gasteiger partial charge in [-0.3, -0.25) is 0 Å². The summed E-state index contributed by atoms with van der Waals surface area (Å²) in [6.07, 6.45) is 1.80. The van der Waals surface area contributed by atoms with Gasteiger partial charge in [0.1, 0.15) is 0 Å². The molecular weight excluding hydrogens is 168 g/mol. The molecular formula is C9H5N2O2. The van der Waals surface area contributed by atoms with Crippen LogP contribution in [0.3, 0.4) is 0 Å². The lowest BCUT2D eigenvalue weighted by atomic mass is 10.2. The molecule has 0 N–H and O–H groups in total. The Labute approximate surface area is 74.6 Å². The summed E-state index contributed by atoms with van der Waals surface area (Å²) in [7, 11) is 0. The standard InChI is InChI=1S/C9H5N2O2/c12-6-10-9(11-7-13)8-4-2-1-3-5-8/h1-4,9H. The van der Waals surface area contributed by atoms with Crippen LogP contribution in [0.5, 0.6) is 0 Å². The van der Waals surface area contributed by atoms with Crippen LogP contribution >= 0.6 is 0 Å². The van der Waals surface area contributed by atoms with E-state index in [0.29, 0.717) is 5.56 Å². The van der Waals surface area contributed by atoms with Crippen LogP contribution in [0.4, 0.5) is 0 Å². The predicted octanol–water partition coefficient (Wildman–Crippen LogP) is 1.16. The predicted molar refractivity (Wildman–Crippen MR) is 44.3 cm³/mol. The van der Waals surface area contributed by atoms with E-state index in [2.05, 4.69) is 16.1 Å². The molecule has 4 nitrogen and oxygen atoms in total. The van der Waals surface area contributed by atoms with Gasteiger partial charge in [-0.25, -0.2) is 9.59 Å². The molecule has 0 amide bonds. The smallest absolute Gasteiger partial charge is 0.211 e. The molecule has 0 atom stereocenters. The first-order chi connectivity index (χ1) is 6.38. The number of isocyanates is 2. The highest BCUT2D eigenvalue weighted by molar-refractivity contribution is 5.39. The van der Waals surface area contributed by atoms with Crippen molar-refractivity contribution in [2.75, 3.05) is 0 Å². The summed E-state index contributed by atoms with van der Waals surface area (Å²) >= 11 is 0. The minimum absolute atomic E-state index is 0.536. The zero-order valence-electron chi connectivity index (χ0n) is 6.60. The van der Waals surface area contributed by atoms with Gasteiger partial charge >= 0.3 is 0 Å². The fraction of sp³-hybridized carbons (Fsp3) is 0.111. The lowest BCUT2D eigenvalue weighted by Crippen LogP contribution is -1.90. The molecule has 0 heterocycles. The maximum absolute atomic E-state index is 9.97. The van der Waals surface area contributed by atoms with Crippen molar-refractivity contribution in [3.63, 3.8) is 0 Å². The largest absolute Gasteiger partial charge is 0.237 e. The monoisotopic (exact) mass is 173 g/mol. The first-order valence-electron chi connectivity index (χ1n) is 3.49. The van der Waals surface area contributed by atoms with E-state index >= 15 is 0 Å². The van der Waals surface area contributed by atoms with Crippen molar-refractivity contribution in [2.45, 2.75) is 6.17 Å². The average molecular weight is 173 g/mol. The Balaban J connectivity index is 3.01. The molecule has 0 aliphatic heterocycles. The van der Waals surface area contributed by atoms with Crippen molar-refractivity contribution in [2.24, 2.45) is 9.98 Å². The van der Waals surface area contributed by atoms with E-state index in [1.165, 1.54) is 12.2 Å². The van der Waals surface area contributed by atoms with Crippen LogP contribution in [0, 0.1) is 6.07 Å². The van der Waals surface area contributed by atoms with Crippen LogP contribution in [0.1, 0.15) is 11.7 Å². The first-order valence-corrected chi connectivity index (χ1v) is 3.49. The van der Waals surface area contributed by atoms with Crippen LogP contribution in [0.15, 0.2) is 34.3 Å². The summed E-state index contributed by atoms with van der Waals surface area (Å²) in [6, 6.07) is 9.59. The minimum atomic E-state index is -0.865. The molecule has 0 unspecified atom stereocenters. The van der Waals surface area contributed by atoms with Gasteiger partial charge in [0.25, 0.3) is 0 Å². The Morgan fingerprint density at radius 1 is 1.23 bits per heavy atom. The van der Waals surface area contributed by atoms with Crippen molar-refractivity contribution in [3.05, 3.63) is 35.9 Å². The lowest BCUT2D eigenvalue weighted by Gasteiger charge is -2.00. The maximum atomic E-state index is 9.97. The molecule has 4 heteroatoms. The molecule has 63 valence electrons. The van der Waals surface area contributed by atoms with Crippen LogP contribution in [-0.2, 0) is 9.59 Å². The number of rotatable bonds is 3. The van der Waals surface area contributed by atoms with Crippen LogP contribution < -0.4 is 0 Å². The molecule has 0 bridgehead atoms. The number of benzene rings is 1. The minimum Gasteiger partial charge on any atom is -0.211 e. The molecule has 0 saturated carbocycles. The van der Waals surface area contributed by atoms with E-state index < -0.39 is 6.17 Å². The van der Waals surface area contributed by atoms with Gasteiger partial charge in [0.15, 0.2) is 6.17 Å². The van der Waals surface area contributed by atoms with E-state index in [9.17, 15) is 9.59 Å². The highest BCUT2D eigenvalue weighted by Gasteiger charge is 2.06. The van der Waals surface area contributed by atoms with Crippen molar-refractivity contribution < 1.29 is 9.59 Å². The van der Waals surface area contributed by atoms with Gasteiger partial charge in [-0.2, -0.15) is 9.98 Å². The van der Waals surface area contributed by atoms with Gasteiger partial charge < -0.3 is 0 Å². The average Bonchev–Trinajstić information content (AvgIpc) is 2.19. The molecule has 1 aromatic carbocycles. The van der Waals surface area contributed by atoms with Crippen molar-refractivity contribution in [1.82, 2.24) is 0 Å². The first kappa shape index (κ1) is 9.07. The fourth-order valence-corrected chi connectivity index (χ4v) is 0.836. The summed E-state index contributed by atoms with van der Waals surface area (Å²) in [6.45, 7) is 0. The van der Waals surface area contributed by atoms with Gasteiger partial charge in [0.2, 0.25) is 12.2 Å². The van der Waals surface area contributed by atoms with Gasteiger partial charge in [0.05, 0.1) is 0 Å². The second-order valence-corrected chi connectivity index (χ2v) is 2.13. The molecule has 1 aromatic rings. The van der Waals surface area contributed by atoms with Crippen molar-refractivity contribution in [3.8, 4) is 0 Å². The van der Waals surface area contributed by atoms with Gasteiger partial charge in [-0.15, -0.1) is 0 Å². The van der Waals surface area contributed by atoms with E-state index in [-0.39, 0.29) is 0 Å². The molecule has 0 spiro atoms. The summed E-state index contributed by atoms with van der Waals surface area (Å²) in [4.78, 5) is 26.6. The second kappa shape index (κ2) is 4.78. The summed E-state index contributed by atoms with van der Waals surface area (Å²) in [5.41, 5.74) is 0.536. The van der Waals surface area contributed by atoms with Crippen molar-refractivity contribution >= 4 is 12.2 Å². The fourth-order valence-electron chi connectivity index (χ4n) is 0.836. The molecule has 13 heavy (non-hydrogen) atoms. The van der Waals surface area contributed by atoms with E-state index in [0.717, 1.165) is 0 Å². The van der Waals surface area contributed by atoms with Crippen LogP contribution in [0.2, 0.25) is 0 Å². The van der Waals surface area contributed by atoms with Crippen LogP contribution in [0.25, 0.3) is 0 Å². The van der Waals surface area contributed by atoms with Gasteiger partial charge in [-0.1, -0.05) is 24.3 Å². The molecule has 0 aliphatic rings. The van der Waals surface area contributed by atoms with Crippen LogP contribution in [-0.4, -0.2) is 12.2 Å². The van der Waals surface area contributed by atoms with Gasteiger partial charge in [0, 0.05) is 5.56 Å². The van der Waals surface area contributed by atoms with Crippen molar-refractivity contribution in [1.29, 1.82) is 0 Å². The van der Waals surface area contributed by atoms with E-state index in [1.807, 2.05) is 0 Å². The number of hydrogen-bond donors (Lipinski definition) is 0. The summed E-state index contributed by atoms with van der Waals surface area (Å²) in [5.74, 6) is 0. The quantitative estimate of drug-likeness (QED) is 0.508. The Morgan fingerprint density at radius 2 is 1.92 bits per heavy atom. The summed E-state index contributed by atoms with van der Waals surface area (Å²) < 4.78 is 0. The molecule has 0 aliphatic carbocycles. The molecule has 1 radical (unpaired) electrons. The zero-order valence-corrected chi connectivity index (χ0v) is 6.60. The van der Waals surface area contributed by atoms with E-state index in [4.69, 9.17) is 0 Å². The highest BCUT2D eigenvalue weighted by Crippen LogP contribution is 2.15. The van der Waals surface area contributed by atoms with Gasteiger partial charge in [-0.05, 0) is 6.07 Å². The lowest BCUT2D eigenvalue weighted by molar-refractivity contribution is 0.552. The molecule has 0 saturated heterocycles. The SMILES string of the molecule is O=C=NC(N=C=O)c1[c]cccc1. The Kier molecular flexibility index (Phi) is 3.33. The highest BCUT2D eigenvalue weighted by atomic mass is 16.1. The number of aliphatic imine (C=N–C) groups is 2. The third kappa shape index (κ3) is 2.49. The molecule has 1 rings (SSSR count). The topological polar surface area (TPSA) is 58.9 Å². The maximum Gasteiger partial charge on any atom is 0.237 e. The number of hydrogen-bond acceptors (Lipinski definition) is 4. The summed E-state index contributed by atoms with van der Waals surface area (Å²) in [5, 5.41) is 0. The third-order valence-corrected chi connectivity index (χ3v) is 1.36. The van der Waals surface area contributed by atoms with E-state index in [1.54, 1.807) is 24.3 Å². The molecule has 0 aromatic heterocycles. The number of carbonyl (C=O) groups excluding carboxylic acids is 2. The zero-order chi connectivity index (χ0) is 9.52. The number of nitrogens with zero attached hydrogens (tertiary/aromatic N) is 2.